The maximum Gasteiger partial charge on any atom is 0.338 e. The summed E-state index contributed by atoms with van der Waals surface area (Å²) in [5.41, 5.74) is 3.83. The van der Waals surface area contributed by atoms with Crippen LogP contribution in [0.15, 0.2) is 66.7 Å². The van der Waals surface area contributed by atoms with Crippen LogP contribution >= 0.6 is 11.6 Å². The summed E-state index contributed by atoms with van der Waals surface area (Å²) in [6, 6.07) is 20.6. The number of nitrogens with zero attached hydrogens (tertiary/aromatic N) is 1. The Kier molecular flexibility index (Phi) is 10.0. The first-order valence-electron chi connectivity index (χ1n) is 15.4. The molecule has 44 heavy (non-hydrogen) atoms. The van der Waals surface area contributed by atoms with Crippen molar-refractivity contribution in [2.45, 2.75) is 84.2 Å². The fourth-order valence-electron chi connectivity index (χ4n) is 5.43. The number of benzene rings is 3. The molecule has 0 radical (unpaired) electrons. The minimum Gasteiger partial charge on any atom is -0.478 e. The van der Waals surface area contributed by atoms with Crippen LogP contribution in [0.25, 0.3) is 11.1 Å². The van der Waals surface area contributed by atoms with Crippen molar-refractivity contribution in [3.63, 3.8) is 0 Å². The standard InChI is InChI=1S/C36H46ClNO5Si/c1-35(2,3)42-34(41)26-14-18-28(19-15-26)38-22-20-25(21-23-38)32(43-44(7,8)36(4,5)6)31-29(10-9-11-30(31)33(39)40)24-12-16-27(37)17-13-24/h9-19,25,32H,20-23H2,1-8H3,(H,39,40). The highest BCUT2D eigenvalue weighted by Gasteiger charge is 2.43. The Labute approximate surface area is 268 Å². The van der Waals surface area contributed by atoms with Crippen LogP contribution in [0, 0.1) is 5.92 Å². The van der Waals surface area contributed by atoms with Crippen molar-refractivity contribution >= 4 is 37.5 Å². The molecule has 3 aromatic carbocycles. The molecule has 1 unspecified atom stereocenters. The maximum absolute atomic E-state index is 12.7. The summed E-state index contributed by atoms with van der Waals surface area (Å²) in [5.74, 6) is -1.17. The number of carboxylic acid groups (broad SMARTS) is 1. The van der Waals surface area contributed by atoms with E-state index in [1.165, 1.54) is 0 Å². The average Bonchev–Trinajstić information content (AvgIpc) is 2.95. The summed E-state index contributed by atoms with van der Waals surface area (Å²) in [7, 11) is -2.31. The predicted molar refractivity (Wildman–Crippen MR) is 181 cm³/mol. The van der Waals surface area contributed by atoms with Gasteiger partial charge in [0, 0.05) is 29.4 Å². The molecule has 0 aromatic heterocycles. The molecule has 1 heterocycles. The van der Waals surface area contributed by atoms with Gasteiger partial charge in [-0.1, -0.05) is 56.6 Å². The molecule has 4 rings (SSSR count). The Hall–Kier alpha value is -3.13. The molecule has 1 aliphatic heterocycles. The molecule has 8 heteroatoms. The van der Waals surface area contributed by atoms with E-state index in [1.807, 2.05) is 81.4 Å². The van der Waals surface area contributed by atoms with Crippen LogP contribution in [0.2, 0.25) is 23.2 Å². The summed E-state index contributed by atoms with van der Waals surface area (Å²) in [6.07, 6.45) is 1.29. The van der Waals surface area contributed by atoms with E-state index >= 15 is 0 Å². The normalized spacial score (nSPS) is 15.6. The van der Waals surface area contributed by atoms with Gasteiger partial charge in [-0.05, 0) is 111 Å². The van der Waals surface area contributed by atoms with Gasteiger partial charge in [0.05, 0.1) is 17.2 Å². The number of carboxylic acids is 1. The van der Waals surface area contributed by atoms with Crippen molar-refractivity contribution in [2.75, 3.05) is 18.0 Å². The van der Waals surface area contributed by atoms with Crippen molar-refractivity contribution < 1.29 is 23.9 Å². The zero-order valence-electron chi connectivity index (χ0n) is 27.2. The fraction of sp³-hybridized carbons (Fsp3) is 0.444. The Morgan fingerprint density at radius 2 is 1.50 bits per heavy atom. The number of anilines is 1. The van der Waals surface area contributed by atoms with Gasteiger partial charge in [0.25, 0.3) is 0 Å². The number of esters is 1. The smallest absolute Gasteiger partial charge is 0.338 e. The number of halogens is 1. The van der Waals surface area contributed by atoms with E-state index in [0.717, 1.165) is 48.3 Å². The minimum absolute atomic E-state index is 0.0551. The first-order valence-corrected chi connectivity index (χ1v) is 18.6. The predicted octanol–water partition coefficient (Wildman–Crippen LogP) is 9.64. The molecular weight excluding hydrogens is 590 g/mol. The number of hydrogen-bond donors (Lipinski definition) is 1. The van der Waals surface area contributed by atoms with Crippen LogP contribution in [0.4, 0.5) is 5.69 Å². The highest BCUT2D eigenvalue weighted by atomic mass is 35.5. The lowest BCUT2D eigenvalue weighted by atomic mass is 9.82. The largest absolute Gasteiger partial charge is 0.478 e. The molecule has 6 nitrogen and oxygen atoms in total. The average molecular weight is 636 g/mol. The van der Waals surface area contributed by atoms with E-state index in [-0.39, 0.29) is 28.6 Å². The van der Waals surface area contributed by atoms with Crippen LogP contribution in [0.1, 0.15) is 86.8 Å². The number of ether oxygens (including phenoxy) is 1. The number of carbonyl (C=O) groups excluding carboxylic acids is 1. The summed E-state index contributed by atoms with van der Waals surface area (Å²) in [4.78, 5) is 27.5. The van der Waals surface area contributed by atoms with Gasteiger partial charge in [0.2, 0.25) is 0 Å². The van der Waals surface area contributed by atoms with E-state index in [2.05, 4.69) is 38.8 Å². The molecule has 1 saturated heterocycles. The molecule has 3 aromatic rings. The summed E-state index contributed by atoms with van der Waals surface area (Å²) < 4.78 is 12.7. The minimum atomic E-state index is -2.31. The van der Waals surface area contributed by atoms with Crippen molar-refractivity contribution in [2.24, 2.45) is 5.92 Å². The van der Waals surface area contributed by atoms with Crippen molar-refractivity contribution in [1.29, 1.82) is 0 Å². The van der Waals surface area contributed by atoms with Crippen LogP contribution in [-0.4, -0.2) is 44.1 Å². The highest BCUT2D eigenvalue weighted by Crippen LogP contribution is 2.47. The lowest BCUT2D eigenvalue weighted by Crippen LogP contribution is -2.45. The van der Waals surface area contributed by atoms with Gasteiger partial charge in [0.1, 0.15) is 5.60 Å². The third-order valence-electron chi connectivity index (χ3n) is 8.84. The molecule has 0 amide bonds. The summed E-state index contributed by atoms with van der Waals surface area (Å²) >= 11 is 6.22. The highest BCUT2D eigenvalue weighted by molar-refractivity contribution is 6.74. The van der Waals surface area contributed by atoms with E-state index in [4.69, 9.17) is 20.8 Å². The third-order valence-corrected chi connectivity index (χ3v) is 13.5. The molecule has 1 N–H and O–H groups in total. The van der Waals surface area contributed by atoms with Gasteiger partial charge >= 0.3 is 11.9 Å². The number of piperidine rings is 1. The molecule has 0 aliphatic carbocycles. The van der Waals surface area contributed by atoms with Gasteiger partial charge in [-0.25, -0.2) is 9.59 Å². The van der Waals surface area contributed by atoms with Gasteiger partial charge in [0.15, 0.2) is 8.32 Å². The topological polar surface area (TPSA) is 76.1 Å². The van der Waals surface area contributed by atoms with Gasteiger partial charge in [-0.2, -0.15) is 0 Å². The zero-order valence-corrected chi connectivity index (χ0v) is 29.0. The molecular formula is C36H46ClNO5Si. The number of rotatable bonds is 8. The fourth-order valence-corrected chi connectivity index (χ4v) is 6.85. The zero-order chi connectivity index (χ0) is 32.4. The summed E-state index contributed by atoms with van der Waals surface area (Å²) in [5, 5.41) is 11.0. The van der Waals surface area contributed by atoms with Crippen LogP contribution in [0.5, 0.6) is 0 Å². The van der Waals surface area contributed by atoms with E-state index in [1.54, 1.807) is 6.07 Å². The summed E-state index contributed by atoms with van der Waals surface area (Å²) in [6.45, 7) is 18.3. The second-order valence-electron chi connectivity index (χ2n) is 14.3. The van der Waals surface area contributed by atoms with Gasteiger partial charge < -0.3 is 19.2 Å². The second kappa shape index (κ2) is 13.1. The van der Waals surface area contributed by atoms with Crippen molar-refractivity contribution in [1.82, 2.24) is 0 Å². The first kappa shape index (κ1) is 33.8. The Bertz CT molecular complexity index is 1460. The van der Waals surface area contributed by atoms with Crippen LogP contribution in [-0.2, 0) is 9.16 Å². The van der Waals surface area contributed by atoms with Crippen molar-refractivity contribution in [3.8, 4) is 11.1 Å². The lowest BCUT2D eigenvalue weighted by Gasteiger charge is -2.44. The van der Waals surface area contributed by atoms with E-state index in [0.29, 0.717) is 10.6 Å². The van der Waals surface area contributed by atoms with E-state index in [9.17, 15) is 14.7 Å². The first-order chi connectivity index (χ1) is 20.5. The molecule has 0 saturated carbocycles. The number of hydrogen-bond acceptors (Lipinski definition) is 5. The SMILES string of the molecule is CC(C)(C)OC(=O)c1ccc(N2CCC(C(O[Si](C)(C)C(C)(C)C)c3c(C(=O)O)cccc3-c3ccc(Cl)cc3)CC2)cc1. The monoisotopic (exact) mass is 635 g/mol. The Balaban J connectivity index is 1.67. The van der Waals surface area contributed by atoms with E-state index < -0.39 is 19.9 Å². The van der Waals surface area contributed by atoms with Gasteiger partial charge in [-0.3, -0.25) is 0 Å². The molecule has 1 atom stereocenters. The molecule has 1 aliphatic rings. The lowest BCUT2D eigenvalue weighted by molar-refractivity contribution is 0.00693. The number of carbonyl (C=O) groups is 2. The molecule has 1 fully saturated rings. The molecule has 0 bridgehead atoms. The Morgan fingerprint density at radius 1 is 0.909 bits per heavy atom. The third kappa shape index (κ3) is 7.92. The number of aromatic carboxylic acids is 1. The molecule has 236 valence electrons. The Morgan fingerprint density at radius 3 is 2.02 bits per heavy atom. The second-order valence-corrected chi connectivity index (χ2v) is 19.4. The molecule has 0 spiro atoms. The van der Waals surface area contributed by atoms with Crippen LogP contribution < -0.4 is 4.90 Å². The van der Waals surface area contributed by atoms with Crippen molar-refractivity contribution in [3.05, 3.63) is 88.4 Å². The van der Waals surface area contributed by atoms with Gasteiger partial charge in [-0.15, -0.1) is 0 Å². The maximum atomic E-state index is 12.7. The van der Waals surface area contributed by atoms with Crippen LogP contribution in [0.3, 0.4) is 0 Å². The quantitative estimate of drug-likeness (QED) is 0.196.